The number of carbonyl (C=O) groups excluding carboxylic acids is 1. The molecule has 2 N–H and O–H groups in total. The van der Waals surface area contributed by atoms with Crippen molar-refractivity contribution in [1.29, 1.82) is 0 Å². The van der Waals surface area contributed by atoms with Gasteiger partial charge < -0.3 is 15.4 Å². The van der Waals surface area contributed by atoms with Gasteiger partial charge in [-0.15, -0.1) is 24.8 Å². The fourth-order valence-electron chi connectivity index (χ4n) is 2.37. The molecule has 21 heavy (non-hydrogen) atoms. The predicted molar refractivity (Wildman–Crippen MR) is 87.4 cm³/mol. The lowest BCUT2D eigenvalue weighted by atomic mass is 10.2. The summed E-state index contributed by atoms with van der Waals surface area (Å²) in [5, 5.41) is 1.04. The molecule has 1 aromatic carbocycles. The molecule has 1 saturated heterocycles. The molecule has 0 aliphatic carbocycles. The number of nitrogens with zero attached hydrogens (tertiary/aromatic N) is 2. The van der Waals surface area contributed by atoms with E-state index in [1.54, 1.807) is 6.20 Å². The minimum absolute atomic E-state index is 0. The van der Waals surface area contributed by atoms with E-state index < -0.39 is 6.23 Å². The maximum atomic E-state index is 11.1. The Labute approximate surface area is 135 Å². The first-order valence-electron chi connectivity index (χ1n) is 6.24. The summed E-state index contributed by atoms with van der Waals surface area (Å²) < 4.78 is 5.56. The Bertz CT molecular complexity index is 612. The minimum atomic E-state index is -0.553. The minimum Gasteiger partial charge on any atom is -0.345 e. The van der Waals surface area contributed by atoms with Crippen molar-refractivity contribution in [2.75, 3.05) is 18.0 Å². The van der Waals surface area contributed by atoms with E-state index in [2.05, 4.69) is 4.98 Å². The Morgan fingerprint density at radius 3 is 2.90 bits per heavy atom. The van der Waals surface area contributed by atoms with E-state index in [0.29, 0.717) is 13.1 Å². The zero-order chi connectivity index (χ0) is 13.2. The monoisotopic (exact) mass is 329 g/mol. The van der Waals surface area contributed by atoms with Crippen LogP contribution in [0.15, 0.2) is 36.5 Å². The number of aromatic nitrogens is 1. The number of ether oxygens (including phenoxy) is 1. The number of benzene rings is 1. The summed E-state index contributed by atoms with van der Waals surface area (Å²) in [4.78, 5) is 17.3. The molecule has 2 aromatic rings. The molecule has 1 aromatic heterocycles. The number of rotatable bonds is 3. The van der Waals surface area contributed by atoms with Gasteiger partial charge in [-0.05, 0) is 24.3 Å². The van der Waals surface area contributed by atoms with Crippen LogP contribution in [-0.4, -0.2) is 36.7 Å². The summed E-state index contributed by atoms with van der Waals surface area (Å²) in [6.45, 7) is 1.04. The maximum absolute atomic E-state index is 11.1. The molecule has 3 rings (SSSR count). The van der Waals surface area contributed by atoms with Gasteiger partial charge in [-0.3, -0.25) is 9.78 Å². The summed E-state index contributed by atoms with van der Waals surface area (Å²) in [6.07, 6.45) is 1.92. The van der Waals surface area contributed by atoms with Crippen LogP contribution in [0.2, 0.25) is 0 Å². The van der Waals surface area contributed by atoms with Crippen LogP contribution < -0.4 is 10.6 Å². The lowest BCUT2D eigenvalue weighted by molar-refractivity contribution is -0.117. The van der Waals surface area contributed by atoms with Crippen LogP contribution in [0.25, 0.3) is 10.9 Å². The van der Waals surface area contributed by atoms with Gasteiger partial charge in [0.05, 0.1) is 11.6 Å². The molecule has 1 unspecified atom stereocenters. The third kappa shape index (κ3) is 3.44. The smallest absolute Gasteiger partial charge is 0.187 e. The highest BCUT2D eigenvalue weighted by molar-refractivity contribution is 5.85. The quantitative estimate of drug-likeness (QED) is 0.869. The molecule has 114 valence electrons. The number of halogens is 2. The Morgan fingerprint density at radius 2 is 2.19 bits per heavy atom. The molecule has 1 aliphatic rings. The SMILES string of the molecule is Cl.Cl.NC[C@H]1CN(c2ccc3ncccc3c2)C(C=O)O1. The van der Waals surface area contributed by atoms with Gasteiger partial charge in [0, 0.05) is 30.4 Å². The first-order chi connectivity index (χ1) is 9.31. The van der Waals surface area contributed by atoms with Gasteiger partial charge in [0.1, 0.15) is 0 Å². The Kier molecular flexibility index (Phi) is 6.36. The molecule has 7 heteroatoms. The second-order valence-corrected chi connectivity index (χ2v) is 4.55. The Balaban J connectivity index is 0.00000110. The van der Waals surface area contributed by atoms with Gasteiger partial charge in [-0.1, -0.05) is 6.07 Å². The molecular weight excluding hydrogens is 313 g/mol. The predicted octanol–water partition coefficient (Wildman–Crippen LogP) is 1.77. The highest BCUT2D eigenvalue weighted by Gasteiger charge is 2.31. The van der Waals surface area contributed by atoms with Gasteiger partial charge in [0.2, 0.25) is 0 Å². The van der Waals surface area contributed by atoms with Crippen LogP contribution in [0.5, 0.6) is 0 Å². The standard InChI is InChI=1S/C14H15N3O2.2ClH/c15-7-12-8-17(14(9-18)19-12)11-3-4-13-10(6-11)2-1-5-16-13;;/h1-6,9,12,14H,7-8,15H2;2*1H/t12-,14?;;/m0../s1. The van der Waals surface area contributed by atoms with Gasteiger partial charge >= 0.3 is 0 Å². The zero-order valence-electron chi connectivity index (χ0n) is 11.2. The van der Waals surface area contributed by atoms with Gasteiger partial charge in [-0.2, -0.15) is 0 Å². The largest absolute Gasteiger partial charge is 0.345 e. The molecule has 1 fully saturated rings. The summed E-state index contributed by atoms with van der Waals surface area (Å²) >= 11 is 0. The lowest BCUT2D eigenvalue weighted by Gasteiger charge is -2.21. The second-order valence-electron chi connectivity index (χ2n) is 4.55. The van der Waals surface area contributed by atoms with Crippen LogP contribution in [-0.2, 0) is 9.53 Å². The van der Waals surface area contributed by atoms with Crippen molar-refractivity contribution in [3.63, 3.8) is 0 Å². The molecule has 0 spiro atoms. The third-order valence-electron chi connectivity index (χ3n) is 3.34. The van der Waals surface area contributed by atoms with E-state index in [4.69, 9.17) is 10.5 Å². The number of aldehydes is 1. The summed E-state index contributed by atoms with van der Waals surface area (Å²) in [7, 11) is 0. The van der Waals surface area contributed by atoms with Crippen LogP contribution >= 0.6 is 24.8 Å². The molecule has 0 radical (unpaired) electrons. The average Bonchev–Trinajstić information content (AvgIpc) is 2.90. The highest BCUT2D eigenvalue weighted by atomic mass is 35.5. The Hall–Kier alpha value is -1.40. The molecule has 2 heterocycles. The fourth-order valence-corrected chi connectivity index (χ4v) is 2.37. The van der Waals surface area contributed by atoms with Gasteiger partial charge in [-0.25, -0.2) is 0 Å². The lowest BCUT2D eigenvalue weighted by Crippen LogP contribution is -2.31. The first-order valence-corrected chi connectivity index (χ1v) is 6.24. The molecule has 0 bridgehead atoms. The highest BCUT2D eigenvalue weighted by Crippen LogP contribution is 2.26. The molecule has 0 amide bonds. The van der Waals surface area contributed by atoms with Crippen molar-refractivity contribution >= 4 is 47.7 Å². The van der Waals surface area contributed by atoms with Gasteiger partial charge in [0.25, 0.3) is 0 Å². The zero-order valence-corrected chi connectivity index (χ0v) is 12.8. The van der Waals surface area contributed by atoms with E-state index >= 15 is 0 Å². The molecule has 1 aliphatic heterocycles. The van der Waals surface area contributed by atoms with E-state index in [1.165, 1.54) is 0 Å². The van der Waals surface area contributed by atoms with Crippen molar-refractivity contribution in [2.45, 2.75) is 12.3 Å². The molecular formula is C14H17Cl2N3O2. The first kappa shape index (κ1) is 17.7. The van der Waals surface area contributed by atoms with Crippen molar-refractivity contribution < 1.29 is 9.53 Å². The van der Waals surface area contributed by atoms with Crippen LogP contribution in [0.1, 0.15) is 0 Å². The molecule has 0 saturated carbocycles. The van der Waals surface area contributed by atoms with Crippen molar-refractivity contribution in [2.24, 2.45) is 5.73 Å². The topological polar surface area (TPSA) is 68.5 Å². The van der Waals surface area contributed by atoms with Crippen LogP contribution in [0.3, 0.4) is 0 Å². The second kappa shape index (κ2) is 7.56. The Morgan fingerprint density at radius 1 is 1.38 bits per heavy atom. The van der Waals surface area contributed by atoms with Crippen molar-refractivity contribution in [1.82, 2.24) is 4.98 Å². The maximum Gasteiger partial charge on any atom is 0.187 e. The van der Waals surface area contributed by atoms with Gasteiger partial charge in [0.15, 0.2) is 12.5 Å². The van der Waals surface area contributed by atoms with Crippen LogP contribution in [0, 0.1) is 0 Å². The number of pyridine rings is 1. The van der Waals surface area contributed by atoms with Crippen LogP contribution in [0.4, 0.5) is 5.69 Å². The van der Waals surface area contributed by atoms with Crippen molar-refractivity contribution in [3.05, 3.63) is 36.5 Å². The third-order valence-corrected chi connectivity index (χ3v) is 3.34. The normalized spacial score (nSPS) is 20.7. The van der Waals surface area contributed by atoms with E-state index in [1.807, 2.05) is 35.2 Å². The average molecular weight is 330 g/mol. The van der Waals surface area contributed by atoms with Crippen molar-refractivity contribution in [3.8, 4) is 0 Å². The number of fused-ring (bicyclic) bond motifs is 1. The number of anilines is 1. The van der Waals surface area contributed by atoms with E-state index in [0.717, 1.165) is 22.9 Å². The fraction of sp³-hybridized carbons (Fsp3) is 0.286. The number of hydrogen-bond donors (Lipinski definition) is 1. The number of nitrogens with two attached hydrogens (primary N) is 1. The number of carbonyl (C=O) groups is 1. The molecule has 5 nitrogen and oxygen atoms in total. The van der Waals surface area contributed by atoms with E-state index in [-0.39, 0.29) is 30.9 Å². The summed E-state index contributed by atoms with van der Waals surface area (Å²) in [5.74, 6) is 0. The molecule has 2 atom stereocenters. The summed E-state index contributed by atoms with van der Waals surface area (Å²) in [5.41, 5.74) is 7.49. The summed E-state index contributed by atoms with van der Waals surface area (Å²) in [6, 6.07) is 9.81. The van der Waals surface area contributed by atoms with E-state index in [9.17, 15) is 4.79 Å². The number of hydrogen-bond acceptors (Lipinski definition) is 5.